The van der Waals surface area contributed by atoms with Crippen molar-refractivity contribution >= 4 is 5.96 Å². The Bertz CT molecular complexity index is 606. The zero-order chi connectivity index (χ0) is 18.6. The SMILES string of the molecule is Cc1nnc(CN=C(NCC(C)(C)C2CCCC2)NC2CCCC2)n1C. The van der Waals surface area contributed by atoms with Gasteiger partial charge in [-0.1, -0.05) is 39.5 Å². The molecular weight excluding hydrogens is 324 g/mol. The first kappa shape index (κ1) is 19.2. The van der Waals surface area contributed by atoms with Gasteiger partial charge in [0.15, 0.2) is 11.8 Å². The second-order valence-electron chi connectivity index (χ2n) is 8.84. The van der Waals surface area contributed by atoms with E-state index in [0.29, 0.717) is 18.0 Å². The van der Waals surface area contributed by atoms with E-state index in [1.54, 1.807) is 0 Å². The van der Waals surface area contributed by atoms with Crippen LogP contribution in [0.2, 0.25) is 0 Å². The van der Waals surface area contributed by atoms with Gasteiger partial charge in [-0.3, -0.25) is 0 Å². The Hall–Kier alpha value is -1.59. The van der Waals surface area contributed by atoms with Gasteiger partial charge in [-0.2, -0.15) is 0 Å². The molecule has 1 heterocycles. The second-order valence-corrected chi connectivity index (χ2v) is 8.84. The van der Waals surface area contributed by atoms with Crippen molar-refractivity contribution < 1.29 is 0 Å². The summed E-state index contributed by atoms with van der Waals surface area (Å²) in [7, 11) is 2.00. The molecule has 2 aliphatic rings. The summed E-state index contributed by atoms with van der Waals surface area (Å²) in [6, 6.07) is 0.553. The molecule has 6 nitrogen and oxygen atoms in total. The number of hydrogen-bond acceptors (Lipinski definition) is 3. The van der Waals surface area contributed by atoms with E-state index in [0.717, 1.165) is 30.1 Å². The van der Waals surface area contributed by atoms with Crippen molar-refractivity contribution in [2.75, 3.05) is 6.54 Å². The van der Waals surface area contributed by atoms with Crippen LogP contribution in [0.25, 0.3) is 0 Å². The average Bonchev–Trinajstić information content (AvgIpc) is 3.36. The summed E-state index contributed by atoms with van der Waals surface area (Å²) < 4.78 is 2.01. The summed E-state index contributed by atoms with van der Waals surface area (Å²) in [5.41, 5.74) is 0.302. The molecule has 0 radical (unpaired) electrons. The quantitative estimate of drug-likeness (QED) is 0.603. The molecule has 6 heteroatoms. The third-order valence-corrected chi connectivity index (χ3v) is 6.43. The van der Waals surface area contributed by atoms with E-state index in [1.807, 2.05) is 18.5 Å². The van der Waals surface area contributed by atoms with Crippen molar-refractivity contribution in [1.82, 2.24) is 25.4 Å². The Balaban J connectivity index is 1.63. The average molecular weight is 361 g/mol. The molecule has 0 atom stereocenters. The fourth-order valence-electron chi connectivity index (χ4n) is 4.32. The van der Waals surface area contributed by atoms with Gasteiger partial charge in [0.1, 0.15) is 12.4 Å². The van der Waals surface area contributed by atoms with Crippen molar-refractivity contribution in [2.24, 2.45) is 23.4 Å². The van der Waals surface area contributed by atoms with Gasteiger partial charge in [0.25, 0.3) is 0 Å². The maximum absolute atomic E-state index is 4.83. The van der Waals surface area contributed by atoms with Crippen LogP contribution >= 0.6 is 0 Å². The minimum atomic E-state index is 0.302. The number of aryl methyl sites for hydroxylation is 1. The molecule has 0 aromatic carbocycles. The topological polar surface area (TPSA) is 67.1 Å². The number of rotatable bonds is 6. The van der Waals surface area contributed by atoms with Crippen LogP contribution in [0.5, 0.6) is 0 Å². The lowest BCUT2D eigenvalue weighted by molar-refractivity contribution is 0.218. The molecule has 146 valence electrons. The number of nitrogens with one attached hydrogen (secondary N) is 2. The van der Waals surface area contributed by atoms with Crippen LogP contribution in [0.15, 0.2) is 4.99 Å². The molecule has 2 fully saturated rings. The Morgan fingerprint density at radius 3 is 2.38 bits per heavy atom. The molecule has 0 amide bonds. The standard InChI is InChI=1S/C20H36N6/c1-15-24-25-18(26(15)4)13-21-19(23-17-11-7-8-12-17)22-14-20(2,3)16-9-5-6-10-16/h16-17H,5-14H2,1-4H3,(H2,21,22,23). The van der Waals surface area contributed by atoms with Crippen LogP contribution in [0.1, 0.15) is 76.9 Å². The third-order valence-electron chi connectivity index (χ3n) is 6.43. The highest BCUT2D eigenvalue weighted by Gasteiger charge is 2.32. The van der Waals surface area contributed by atoms with E-state index < -0.39 is 0 Å². The maximum atomic E-state index is 4.83. The number of aliphatic imine (C=N–C) groups is 1. The van der Waals surface area contributed by atoms with Crippen molar-refractivity contribution in [1.29, 1.82) is 0 Å². The van der Waals surface area contributed by atoms with Gasteiger partial charge in [-0.25, -0.2) is 4.99 Å². The largest absolute Gasteiger partial charge is 0.356 e. The first-order chi connectivity index (χ1) is 12.5. The molecule has 3 rings (SSSR count). The molecule has 1 aromatic rings. The molecule has 0 saturated heterocycles. The monoisotopic (exact) mass is 360 g/mol. The maximum Gasteiger partial charge on any atom is 0.191 e. The molecule has 1 aromatic heterocycles. The van der Waals surface area contributed by atoms with Crippen LogP contribution in [-0.2, 0) is 13.6 Å². The van der Waals surface area contributed by atoms with Crippen LogP contribution in [0.4, 0.5) is 0 Å². The summed E-state index contributed by atoms with van der Waals surface area (Å²) in [5.74, 6) is 3.59. The van der Waals surface area contributed by atoms with Crippen molar-refractivity contribution in [3.63, 3.8) is 0 Å². The van der Waals surface area contributed by atoms with Crippen LogP contribution in [-0.4, -0.2) is 33.3 Å². The number of aromatic nitrogens is 3. The molecule has 0 aliphatic heterocycles. The molecule has 2 saturated carbocycles. The summed E-state index contributed by atoms with van der Waals surface area (Å²) >= 11 is 0. The molecule has 0 unspecified atom stereocenters. The molecule has 0 bridgehead atoms. The molecule has 26 heavy (non-hydrogen) atoms. The van der Waals surface area contributed by atoms with Crippen LogP contribution < -0.4 is 10.6 Å². The fourth-order valence-corrected chi connectivity index (χ4v) is 4.32. The van der Waals surface area contributed by atoms with E-state index in [-0.39, 0.29) is 0 Å². The lowest BCUT2D eigenvalue weighted by Crippen LogP contribution is -2.46. The zero-order valence-electron chi connectivity index (χ0n) is 17.0. The Morgan fingerprint density at radius 1 is 1.12 bits per heavy atom. The Kier molecular flexibility index (Phi) is 6.20. The van der Waals surface area contributed by atoms with E-state index in [1.165, 1.54) is 51.4 Å². The van der Waals surface area contributed by atoms with E-state index in [4.69, 9.17) is 4.99 Å². The minimum Gasteiger partial charge on any atom is -0.356 e. The second kappa shape index (κ2) is 8.40. The van der Waals surface area contributed by atoms with Crippen molar-refractivity contribution in [3.05, 3.63) is 11.6 Å². The van der Waals surface area contributed by atoms with Gasteiger partial charge in [-0.05, 0) is 43.9 Å². The van der Waals surface area contributed by atoms with Crippen molar-refractivity contribution in [2.45, 2.75) is 84.7 Å². The van der Waals surface area contributed by atoms with Gasteiger partial charge in [0.05, 0.1) is 0 Å². The summed E-state index contributed by atoms with van der Waals surface area (Å²) in [6.45, 7) is 8.29. The molecular formula is C20H36N6. The lowest BCUT2D eigenvalue weighted by atomic mass is 9.78. The molecule has 2 N–H and O–H groups in total. The Morgan fingerprint density at radius 2 is 1.77 bits per heavy atom. The van der Waals surface area contributed by atoms with E-state index in [2.05, 4.69) is 34.7 Å². The van der Waals surface area contributed by atoms with Crippen LogP contribution in [0.3, 0.4) is 0 Å². The lowest BCUT2D eigenvalue weighted by Gasteiger charge is -2.33. The van der Waals surface area contributed by atoms with Crippen LogP contribution in [0, 0.1) is 18.3 Å². The highest BCUT2D eigenvalue weighted by atomic mass is 15.3. The van der Waals surface area contributed by atoms with Gasteiger partial charge in [0.2, 0.25) is 0 Å². The number of nitrogens with zero attached hydrogens (tertiary/aromatic N) is 4. The van der Waals surface area contributed by atoms with E-state index >= 15 is 0 Å². The number of guanidine groups is 1. The smallest absolute Gasteiger partial charge is 0.191 e. The van der Waals surface area contributed by atoms with Gasteiger partial charge in [-0.15, -0.1) is 10.2 Å². The van der Waals surface area contributed by atoms with Gasteiger partial charge >= 0.3 is 0 Å². The van der Waals surface area contributed by atoms with E-state index in [9.17, 15) is 0 Å². The minimum absolute atomic E-state index is 0.302. The number of hydrogen-bond donors (Lipinski definition) is 2. The highest BCUT2D eigenvalue weighted by Crippen LogP contribution is 2.39. The molecule has 2 aliphatic carbocycles. The normalized spacial score (nSPS) is 20.1. The zero-order valence-corrected chi connectivity index (χ0v) is 17.0. The first-order valence-electron chi connectivity index (χ1n) is 10.4. The summed E-state index contributed by atoms with van der Waals surface area (Å²) in [5, 5.41) is 15.7. The summed E-state index contributed by atoms with van der Waals surface area (Å²) in [6.07, 6.45) is 10.7. The summed E-state index contributed by atoms with van der Waals surface area (Å²) in [4.78, 5) is 4.83. The Labute approximate surface area is 158 Å². The third kappa shape index (κ3) is 4.77. The highest BCUT2D eigenvalue weighted by molar-refractivity contribution is 5.80. The predicted octanol–water partition coefficient (Wildman–Crippen LogP) is 3.32. The predicted molar refractivity (Wildman–Crippen MR) is 106 cm³/mol. The van der Waals surface area contributed by atoms with Gasteiger partial charge < -0.3 is 15.2 Å². The first-order valence-corrected chi connectivity index (χ1v) is 10.4. The fraction of sp³-hybridized carbons (Fsp3) is 0.850. The van der Waals surface area contributed by atoms with Gasteiger partial charge in [0, 0.05) is 19.6 Å². The molecule has 0 spiro atoms. The van der Waals surface area contributed by atoms with Crippen molar-refractivity contribution in [3.8, 4) is 0 Å².